The lowest BCUT2D eigenvalue weighted by Gasteiger charge is -2.32. The zero-order chi connectivity index (χ0) is 24.1. The van der Waals surface area contributed by atoms with Crippen LogP contribution in [0.25, 0.3) is 0 Å². The highest BCUT2D eigenvalue weighted by Gasteiger charge is 2.31. The van der Waals surface area contributed by atoms with Crippen molar-refractivity contribution in [3.63, 3.8) is 0 Å². The van der Waals surface area contributed by atoms with E-state index in [4.69, 9.17) is 0 Å². The van der Waals surface area contributed by atoms with Crippen molar-refractivity contribution in [3.05, 3.63) is 63.6 Å². The van der Waals surface area contributed by atoms with E-state index in [9.17, 15) is 18.0 Å². The minimum atomic E-state index is -3.74. The van der Waals surface area contributed by atoms with E-state index < -0.39 is 28.5 Å². The first-order valence-electron chi connectivity index (χ1n) is 10.3. The number of carbonyl (C=O) groups excluding carboxylic acids is 2. The third kappa shape index (κ3) is 6.56. The summed E-state index contributed by atoms with van der Waals surface area (Å²) in [5, 5.41) is 2.61. The molecule has 2 aromatic rings. The summed E-state index contributed by atoms with van der Waals surface area (Å²) in [6.45, 7) is 5.41. The van der Waals surface area contributed by atoms with Crippen LogP contribution in [0, 0.1) is 13.8 Å². The van der Waals surface area contributed by atoms with E-state index in [1.807, 2.05) is 45.0 Å². The molecule has 1 atom stereocenters. The van der Waals surface area contributed by atoms with Crippen molar-refractivity contribution in [2.75, 3.05) is 24.2 Å². The molecule has 9 heteroatoms. The van der Waals surface area contributed by atoms with Gasteiger partial charge in [-0.25, -0.2) is 8.42 Å². The molecule has 0 unspecified atom stereocenters. The Morgan fingerprint density at radius 1 is 1.12 bits per heavy atom. The number of benzene rings is 2. The molecule has 2 rings (SSSR count). The lowest BCUT2D eigenvalue weighted by molar-refractivity contribution is -0.140. The van der Waals surface area contributed by atoms with Gasteiger partial charge in [0.1, 0.15) is 12.6 Å². The molecule has 0 radical (unpaired) electrons. The summed E-state index contributed by atoms with van der Waals surface area (Å²) >= 11 is 3.41. The summed E-state index contributed by atoms with van der Waals surface area (Å²) in [4.78, 5) is 27.5. The van der Waals surface area contributed by atoms with E-state index in [2.05, 4.69) is 21.2 Å². The van der Waals surface area contributed by atoms with E-state index in [1.165, 1.54) is 11.9 Å². The average molecular weight is 524 g/mol. The Morgan fingerprint density at radius 2 is 1.81 bits per heavy atom. The molecular weight excluding hydrogens is 494 g/mol. The maximum Gasteiger partial charge on any atom is 0.244 e. The molecule has 32 heavy (non-hydrogen) atoms. The molecule has 2 amide bonds. The summed E-state index contributed by atoms with van der Waals surface area (Å²) in [6.07, 6.45) is 1.46. The van der Waals surface area contributed by atoms with Crippen molar-refractivity contribution in [1.82, 2.24) is 10.2 Å². The molecule has 0 saturated heterocycles. The Balaban J connectivity index is 2.45. The van der Waals surface area contributed by atoms with Crippen LogP contribution in [0.3, 0.4) is 0 Å². The summed E-state index contributed by atoms with van der Waals surface area (Å²) in [6, 6.07) is 12.1. The number of carbonyl (C=O) groups is 2. The number of likely N-dealkylation sites (N-methyl/N-ethyl adjacent to an activating group) is 1. The maximum absolute atomic E-state index is 13.5. The van der Waals surface area contributed by atoms with Gasteiger partial charge in [-0.05, 0) is 49.6 Å². The van der Waals surface area contributed by atoms with Gasteiger partial charge >= 0.3 is 0 Å². The second-order valence-electron chi connectivity index (χ2n) is 7.75. The Bertz CT molecular complexity index is 1090. The van der Waals surface area contributed by atoms with Crippen LogP contribution >= 0.6 is 15.9 Å². The van der Waals surface area contributed by atoms with Crippen LogP contribution in [0.2, 0.25) is 0 Å². The van der Waals surface area contributed by atoms with E-state index in [-0.39, 0.29) is 12.5 Å². The number of sulfonamides is 1. The quantitative estimate of drug-likeness (QED) is 0.545. The fraction of sp³-hybridized carbons (Fsp3) is 0.391. The monoisotopic (exact) mass is 523 g/mol. The molecule has 0 saturated carbocycles. The van der Waals surface area contributed by atoms with Crippen LogP contribution in [0.5, 0.6) is 0 Å². The highest BCUT2D eigenvalue weighted by molar-refractivity contribution is 9.10. The van der Waals surface area contributed by atoms with Crippen molar-refractivity contribution in [1.29, 1.82) is 0 Å². The van der Waals surface area contributed by atoms with Gasteiger partial charge in [0.2, 0.25) is 21.8 Å². The normalized spacial score (nSPS) is 12.2. The van der Waals surface area contributed by atoms with Crippen molar-refractivity contribution in [2.45, 2.75) is 39.8 Å². The molecule has 1 N–H and O–H groups in total. The molecule has 7 nitrogen and oxygen atoms in total. The molecule has 174 valence electrons. The first-order valence-corrected chi connectivity index (χ1v) is 12.9. The highest BCUT2D eigenvalue weighted by Crippen LogP contribution is 2.25. The molecule has 0 bridgehead atoms. The van der Waals surface area contributed by atoms with Gasteiger partial charge in [0.25, 0.3) is 0 Å². The first-order chi connectivity index (χ1) is 15.0. The van der Waals surface area contributed by atoms with Gasteiger partial charge < -0.3 is 10.2 Å². The smallest absolute Gasteiger partial charge is 0.244 e. The van der Waals surface area contributed by atoms with E-state index in [1.54, 1.807) is 18.2 Å². The van der Waals surface area contributed by atoms with Gasteiger partial charge in [-0.1, -0.05) is 52.7 Å². The molecule has 2 aromatic carbocycles. The zero-order valence-electron chi connectivity index (χ0n) is 19.1. The van der Waals surface area contributed by atoms with E-state index in [0.717, 1.165) is 31.7 Å². The Labute approximate surface area is 199 Å². The summed E-state index contributed by atoms with van der Waals surface area (Å²) in [5.41, 5.74) is 3.14. The Kier molecular flexibility index (Phi) is 8.86. The van der Waals surface area contributed by atoms with Gasteiger partial charge in [0.15, 0.2) is 0 Å². The standard InChI is InChI=1S/C23H30BrN3O4S/c1-6-21(23(29)25-4)26(14-18-9-7-8-16(2)12-18)22(28)15-27(32(5,30)31)19-10-11-20(24)17(3)13-19/h7-13,21H,6,14-15H2,1-5H3,(H,25,29)/t21-/m1/s1. The van der Waals surface area contributed by atoms with Crippen molar-refractivity contribution in [2.24, 2.45) is 0 Å². The van der Waals surface area contributed by atoms with Crippen LogP contribution < -0.4 is 9.62 Å². The number of aryl methyl sites for hydroxylation is 2. The average Bonchev–Trinajstić information content (AvgIpc) is 2.72. The molecule has 0 aromatic heterocycles. The third-order valence-corrected chi connectivity index (χ3v) is 7.21. The summed E-state index contributed by atoms with van der Waals surface area (Å²) < 4.78 is 27.1. The fourth-order valence-electron chi connectivity index (χ4n) is 3.49. The number of hydrogen-bond acceptors (Lipinski definition) is 4. The summed E-state index contributed by atoms with van der Waals surface area (Å²) in [7, 11) is -2.22. The third-order valence-electron chi connectivity index (χ3n) is 5.18. The van der Waals surface area contributed by atoms with Crippen LogP contribution in [0.4, 0.5) is 5.69 Å². The Morgan fingerprint density at radius 3 is 2.34 bits per heavy atom. The van der Waals surface area contributed by atoms with Crippen LogP contribution in [0.15, 0.2) is 46.9 Å². The van der Waals surface area contributed by atoms with Crippen molar-refractivity contribution >= 4 is 43.5 Å². The molecule has 0 aliphatic carbocycles. The minimum absolute atomic E-state index is 0.198. The van der Waals surface area contributed by atoms with E-state index >= 15 is 0 Å². The minimum Gasteiger partial charge on any atom is -0.357 e. The number of halogens is 1. The lowest BCUT2D eigenvalue weighted by Crippen LogP contribution is -2.51. The number of amides is 2. The van der Waals surface area contributed by atoms with Gasteiger partial charge in [-0.3, -0.25) is 13.9 Å². The predicted octanol–water partition coefficient (Wildman–Crippen LogP) is 3.39. The number of nitrogens with zero attached hydrogens (tertiary/aromatic N) is 2. The van der Waals surface area contributed by atoms with Gasteiger partial charge in [-0.15, -0.1) is 0 Å². The van der Waals surface area contributed by atoms with Gasteiger partial charge in [0.05, 0.1) is 11.9 Å². The summed E-state index contributed by atoms with van der Waals surface area (Å²) in [5.74, 6) is -0.744. The predicted molar refractivity (Wildman–Crippen MR) is 131 cm³/mol. The van der Waals surface area contributed by atoms with E-state index in [0.29, 0.717) is 12.1 Å². The second-order valence-corrected chi connectivity index (χ2v) is 10.5. The van der Waals surface area contributed by atoms with Gasteiger partial charge in [-0.2, -0.15) is 0 Å². The second kappa shape index (κ2) is 11.0. The molecule has 0 aliphatic rings. The largest absolute Gasteiger partial charge is 0.357 e. The Hall–Kier alpha value is -2.39. The maximum atomic E-state index is 13.5. The number of rotatable bonds is 9. The topological polar surface area (TPSA) is 86.8 Å². The molecule has 0 fully saturated rings. The van der Waals surface area contributed by atoms with Crippen LogP contribution in [-0.2, 0) is 26.2 Å². The lowest BCUT2D eigenvalue weighted by atomic mass is 10.1. The number of nitrogens with one attached hydrogen (secondary N) is 1. The van der Waals surface area contributed by atoms with Crippen LogP contribution in [0.1, 0.15) is 30.0 Å². The van der Waals surface area contributed by atoms with Gasteiger partial charge in [0, 0.05) is 18.1 Å². The van der Waals surface area contributed by atoms with Crippen LogP contribution in [-0.4, -0.2) is 51.0 Å². The highest BCUT2D eigenvalue weighted by atomic mass is 79.9. The molecular formula is C23H30BrN3O4S. The molecule has 0 spiro atoms. The number of anilines is 1. The molecule has 0 heterocycles. The zero-order valence-corrected chi connectivity index (χ0v) is 21.5. The SMILES string of the molecule is CC[C@H](C(=O)NC)N(Cc1cccc(C)c1)C(=O)CN(c1ccc(Br)c(C)c1)S(C)(=O)=O. The molecule has 0 aliphatic heterocycles. The number of hydrogen-bond donors (Lipinski definition) is 1. The first kappa shape index (κ1) is 25.9. The van der Waals surface area contributed by atoms with Crippen molar-refractivity contribution < 1.29 is 18.0 Å². The van der Waals surface area contributed by atoms with Crippen molar-refractivity contribution in [3.8, 4) is 0 Å². The fourth-order valence-corrected chi connectivity index (χ4v) is 4.58.